The van der Waals surface area contributed by atoms with E-state index in [0.29, 0.717) is 5.88 Å². The minimum atomic E-state index is -0.101. The fourth-order valence-corrected chi connectivity index (χ4v) is 1.78. The molecule has 0 fully saturated rings. The normalized spacial score (nSPS) is 11.9. The van der Waals surface area contributed by atoms with Gasteiger partial charge in [-0.25, -0.2) is 4.98 Å². The maximum atomic E-state index is 5.33. The molecule has 96 valence electrons. The van der Waals surface area contributed by atoms with Crippen molar-refractivity contribution < 1.29 is 4.74 Å². The Morgan fingerprint density at radius 1 is 1.47 bits per heavy atom. The van der Waals surface area contributed by atoms with Crippen LogP contribution in [-0.4, -0.2) is 44.2 Å². The highest BCUT2D eigenvalue weighted by Gasteiger charge is 2.28. The van der Waals surface area contributed by atoms with Gasteiger partial charge in [-0.15, -0.1) is 0 Å². The Morgan fingerprint density at radius 2 is 2.18 bits per heavy atom. The number of methoxy groups -OCH3 is 1. The molecule has 1 aromatic rings. The third kappa shape index (κ3) is 3.17. The summed E-state index contributed by atoms with van der Waals surface area (Å²) in [5, 5.41) is 3.16. The summed E-state index contributed by atoms with van der Waals surface area (Å²) in [5.74, 6) is 0.703. The van der Waals surface area contributed by atoms with E-state index in [2.05, 4.69) is 42.2 Å². The van der Waals surface area contributed by atoms with Gasteiger partial charge in [-0.2, -0.15) is 0 Å². The number of hydrogen-bond acceptors (Lipinski definition) is 4. The van der Waals surface area contributed by atoms with Gasteiger partial charge in [-0.1, -0.05) is 6.07 Å². The Labute approximate surface area is 104 Å². The van der Waals surface area contributed by atoms with Crippen LogP contribution in [0.15, 0.2) is 18.3 Å². The zero-order chi connectivity index (χ0) is 12.9. The number of likely N-dealkylation sites (N-methyl/N-ethyl adjacent to an activating group) is 2. The lowest BCUT2D eigenvalue weighted by molar-refractivity contribution is 0.153. The van der Waals surface area contributed by atoms with Crippen molar-refractivity contribution in [1.29, 1.82) is 0 Å². The summed E-state index contributed by atoms with van der Waals surface area (Å²) >= 11 is 0. The quantitative estimate of drug-likeness (QED) is 0.813. The van der Waals surface area contributed by atoms with Gasteiger partial charge in [0.1, 0.15) is 0 Å². The first-order valence-electron chi connectivity index (χ1n) is 5.89. The molecule has 0 spiro atoms. The standard InChI is InChI=1S/C13H23N3O/c1-13(2,16(4)10-9-14-3)11-7-6-8-15-12(11)17-5/h6-8,14H,9-10H2,1-5H3. The van der Waals surface area contributed by atoms with Crippen molar-refractivity contribution in [2.45, 2.75) is 19.4 Å². The summed E-state index contributed by atoms with van der Waals surface area (Å²) in [5.41, 5.74) is 1.01. The monoisotopic (exact) mass is 237 g/mol. The average Bonchev–Trinajstić information content (AvgIpc) is 2.35. The van der Waals surface area contributed by atoms with Crippen LogP contribution in [0.2, 0.25) is 0 Å². The van der Waals surface area contributed by atoms with E-state index >= 15 is 0 Å². The average molecular weight is 237 g/mol. The second-order valence-corrected chi connectivity index (χ2v) is 4.64. The van der Waals surface area contributed by atoms with E-state index in [-0.39, 0.29) is 5.54 Å². The SMILES string of the molecule is CNCCN(C)C(C)(C)c1cccnc1OC. The van der Waals surface area contributed by atoms with Crippen molar-refractivity contribution in [2.24, 2.45) is 0 Å². The molecule has 0 aliphatic rings. The van der Waals surface area contributed by atoms with Crippen LogP contribution < -0.4 is 10.1 Å². The molecule has 0 unspecified atom stereocenters. The van der Waals surface area contributed by atoms with E-state index in [1.54, 1.807) is 13.3 Å². The minimum absolute atomic E-state index is 0.101. The number of hydrogen-bond donors (Lipinski definition) is 1. The van der Waals surface area contributed by atoms with E-state index in [1.807, 2.05) is 13.1 Å². The molecule has 1 aromatic heterocycles. The van der Waals surface area contributed by atoms with E-state index < -0.39 is 0 Å². The molecule has 1 heterocycles. The first-order chi connectivity index (χ1) is 8.04. The van der Waals surface area contributed by atoms with Crippen molar-refractivity contribution in [3.8, 4) is 5.88 Å². The predicted molar refractivity (Wildman–Crippen MR) is 70.4 cm³/mol. The molecule has 0 saturated heterocycles. The van der Waals surface area contributed by atoms with E-state index in [0.717, 1.165) is 18.7 Å². The van der Waals surface area contributed by atoms with Gasteiger partial charge >= 0.3 is 0 Å². The number of nitrogens with zero attached hydrogens (tertiary/aromatic N) is 2. The summed E-state index contributed by atoms with van der Waals surface area (Å²) in [7, 11) is 5.74. The molecule has 0 atom stereocenters. The molecule has 0 saturated carbocycles. The lowest BCUT2D eigenvalue weighted by Crippen LogP contribution is -2.42. The maximum Gasteiger partial charge on any atom is 0.218 e. The molecule has 1 rings (SSSR count). The fourth-order valence-electron chi connectivity index (χ4n) is 1.78. The minimum Gasteiger partial charge on any atom is -0.481 e. The molecule has 17 heavy (non-hydrogen) atoms. The van der Waals surface area contributed by atoms with E-state index in [1.165, 1.54) is 0 Å². The summed E-state index contributed by atoms with van der Waals surface area (Å²) in [6, 6.07) is 4.02. The van der Waals surface area contributed by atoms with Crippen LogP contribution in [0.4, 0.5) is 0 Å². The number of ether oxygens (including phenoxy) is 1. The highest BCUT2D eigenvalue weighted by molar-refractivity contribution is 5.32. The molecule has 0 aliphatic carbocycles. The molecule has 0 aliphatic heterocycles. The zero-order valence-corrected chi connectivity index (χ0v) is 11.4. The molecule has 4 heteroatoms. The second kappa shape index (κ2) is 5.98. The van der Waals surface area contributed by atoms with Gasteiger partial charge in [0.2, 0.25) is 5.88 Å². The van der Waals surface area contributed by atoms with Gasteiger partial charge < -0.3 is 10.1 Å². The first kappa shape index (κ1) is 13.9. The summed E-state index contributed by atoms with van der Waals surface area (Å²) in [4.78, 5) is 6.56. The predicted octanol–water partition coefficient (Wildman–Crippen LogP) is 1.48. The van der Waals surface area contributed by atoms with Gasteiger partial charge in [-0.05, 0) is 34.0 Å². The molecule has 0 aromatic carbocycles. The molecule has 0 bridgehead atoms. The summed E-state index contributed by atoms with van der Waals surface area (Å²) in [6.45, 7) is 6.30. The summed E-state index contributed by atoms with van der Waals surface area (Å²) < 4.78 is 5.33. The molecular weight excluding hydrogens is 214 g/mol. The zero-order valence-electron chi connectivity index (χ0n) is 11.4. The molecule has 4 nitrogen and oxygen atoms in total. The van der Waals surface area contributed by atoms with Gasteiger partial charge in [-0.3, -0.25) is 4.90 Å². The Morgan fingerprint density at radius 3 is 2.76 bits per heavy atom. The number of pyridine rings is 1. The van der Waals surface area contributed by atoms with E-state index in [9.17, 15) is 0 Å². The molecule has 0 amide bonds. The van der Waals surface area contributed by atoms with Crippen LogP contribution in [0.3, 0.4) is 0 Å². The van der Waals surface area contributed by atoms with Gasteiger partial charge in [0.15, 0.2) is 0 Å². The number of aromatic nitrogens is 1. The first-order valence-corrected chi connectivity index (χ1v) is 5.89. The maximum absolute atomic E-state index is 5.33. The van der Waals surface area contributed by atoms with Gasteiger partial charge in [0.25, 0.3) is 0 Å². The van der Waals surface area contributed by atoms with Crippen LogP contribution in [-0.2, 0) is 5.54 Å². The van der Waals surface area contributed by atoms with Crippen molar-refractivity contribution >= 4 is 0 Å². The van der Waals surface area contributed by atoms with Crippen LogP contribution in [0.25, 0.3) is 0 Å². The Bertz CT molecular complexity index is 352. The van der Waals surface area contributed by atoms with Crippen LogP contribution in [0.1, 0.15) is 19.4 Å². The number of rotatable bonds is 6. The highest BCUT2D eigenvalue weighted by atomic mass is 16.5. The van der Waals surface area contributed by atoms with Crippen molar-refractivity contribution in [1.82, 2.24) is 15.2 Å². The van der Waals surface area contributed by atoms with Crippen molar-refractivity contribution in [3.63, 3.8) is 0 Å². The van der Waals surface area contributed by atoms with Crippen LogP contribution in [0.5, 0.6) is 5.88 Å². The third-order valence-corrected chi connectivity index (χ3v) is 3.28. The largest absolute Gasteiger partial charge is 0.481 e. The van der Waals surface area contributed by atoms with Crippen LogP contribution in [0, 0.1) is 0 Å². The topological polar surface area (TPSA) is 37.4 Å². The second-order valence-electron chi connectivity index (χ2n) is 4.64. The van der Waals surface area contributed by atoms with Crippen LogP contribution >= 0.6 is 0 Å². The number of nitrogens with one attached hydrogen (secondary N) is 1. The Hall–Kier alpha value is -1.13. The molecule has 0 radical (unpaired) electrons. The van der Waals surface area contributed by atoms with Gasteiger partial charge in [0.05, 0.1) is 7.11 Å². The van der Waals surface area contributed by atoms with Crippen molar-refractivity contribution in [3.05, 3.63) is 23.9 Å². The Kier molecular flexibility index (Phi) is 4.90. The highest BCUT2D eigenvalue weighted by Crippen LogP contribution is 2.31. The lowest BCUT2D eigenvalue weighted by Gasteiger charge is -2.36. The smallest absolute Gasteiger partial charge is 0.218 e. The molecule has 1 N–H and O–H groups in total. The summed E-state index contributed by atoms with van der Waals surface area (Å²) in [6.07, 6.45) is 1.76. The van der Waals surface area contributed by atoms with Gasteiger partial charge in [0, 0.05) is 30.4 Å². The van der Waals surface area contributed by atoms with E-state index in [4.69, 9.17) is 4.74 Å². The Balaban J connectivity index is 2.94. The molecular formula is C13H23N3O. The lowest BCUT2D eigenvalue weighted by atomic mass is 9.93. The third-order valence-electron chi connectivity index (χ3n) is 3.28. The van der Waals surface area contributed by atoms with Crippen molar-refractivity contribution in [2.75, 3.05) is 34.3 Å². The fraction of sp³-hybridized carbons (Fsp3) is 0.615.